The lowest BCUT2D eigenvalue weighted by atomic mass is 10.0. The Kier molecular flexibility index (Phi) is 6.61. The lowest BCUT2D eigenvalue weighted by Gasteiger charge is -2.19. The van der Waals surface area contributed by atoms with Crippen molar-refractivity contribution in [1.82, 2.24) is 10.2 Å². The fraction of sp³-hybridized carbons (Fsp3) is 0.786. The van der Waals surface area contributed by atoms with E-state index in [0.717, 1.165) is 0 Å². The van der Waals surface area contributed by atoms with Gasteiger partial charge in [0.05, 0.1) is 12.5 Å². The molecule has 7 heteroatoms. The van der Waals surface area contributed by atoms with Gasteiger partial charge in [0.1, 0.15) is 6.04 Å². The van der Waals surface area contributed by atoms with Crippen LogP contribution in [0.4, 0.5) is 0 Å². The number of rotatable bonds is 8. The lowest BCUT2D eigenvalue weighted by molar-refractivity contribution is -0.142. The van der Waals surface area contributed by atoms with Crippen molar-refractivity contribution in [2.75, 3.05) is 26.8 Å². The highest BCUT2D eigenvalue weighted by atomic mass is 16.5. The molecule has 1 heterocycles. The second-order valence-electron chi connectivity index (χ2n) is 5.76. The van der Waals surface area contributed by atoms with E-state index < -0.39 is 17.9 Å². The molecule has 1 rings (SSSR count). The van der Waals surface area contributed by atoms with Crippen molar-refractivity contribution >= 4 is 17.8 Å². The minimum absolute atomic E-state index is 0.0945. The van der Waals surface area contributed by atoms with E-state index in [0.29, 0.717) is 26.1 Å². The van der Waals surface area contributed by atoms with Gasteiger partial charge in [0.2, 0.25) is 11.8 Å². The van der Waals surface area contributed by atoms with Crippen LogP contribution in [-0.2, 0) is 19.1 Å². The summed E-state index contributed by atoms with van der Waals surface area (Å²) >= 11 is 0. The van der Waals surface area contributed by atoms with Gasteiger partial charge in [-0.05, 0) is 12.3 Å². The van der Waals surface area contributed by atoms with Gasteiger partial charge in [-0.15, -0.1) is 0 Å². The summed E-state index contributed by atoms with van der Waals surface area (Å²) in [6, 6.07) is -0.902. The van der Waals surface area contributed by atoms with E-state index >= 15 is 0 Å². The Morgan fingerprint density at radius 3 is 2.67 bits per heavy atom. The molecule has 1 aliphatic heterocycles. The number of ether oxygens (including phenoxy) is 1. The molecule has 1 fully saturated rings. The number of carbonyl (C=O) groups excluding carboxylic acids is 2. The van der Waals surface area contributed by atoms with Crippen LogP contribution in [0.2, 0.25) is 0 Å². The summed E-state index contributed by atoms with van der Waals surface area (Å²) in [5.41, 5.74) is 0. The van der Waals surface area contributed by atoms with E-state index in [1.807, 2.05) is 13.8 Å². The van der Waals surface area contributed by atoms with Crippen molar-refractivity contribution in [2.45, 2.75) is 32.7 Å². The van der Waals surface area contributed by atoms with Crippen molar-refractivity contribution in [3.8, 4) is 0 Å². The molecule has 0 spiro atoms. The predicted octanol–water partition coefficient (Wildman–Crippen LogP) is 0.0968. The molecule has 0 aromatic rings. The zero-order valence-electron chi connectivity index (χ0n) is 12.8. The number of hydrogen-bond acceptors (Lipinski definition) is 4. The summed E-state index contributed by atoms with van der Waals surface area (Å²) in [6.07, 6.45) is 0.499. The zero-order chi connectivity index (χ0) is 16.0. The summed E-state index contributed by atoms with van der Waals surface area (Å²) < 4.78 is 4.92. The van der Waals surface area contributed by atoms with Gasteiger partial charge in [-0.1, -0.05) is 13.8 Å². The van der Waals surface area contributed by atoms with Crippen LogP contribution in [0.25, 0.3) is 0 Å². The smallest absolute Gasteiger partial charge is 0.326 e. The monoisotopic (exact) mass is 300 g/mol. The van der Waals surface area contributed by atoms with Crippen molar-refractivity contribution in [2.24, 2.45) is 11.8 Å². The van der Waals surface area contributed by atoms with Gasteiger partial charge in [-0.25, -0.2) is 4.79 Å². The van der Waals surface area contributed by atoms with E-state index in [2.05, 4.69) is 5.32 Å². The number of methoxy groups -OCH3 is 1. The third kappa shape index (κ3) is 5.34. The SMILES string of the molecule is COCCN1CC(C(=O)NC(CC(C)C)C(=O)O)CC1=O. The molecule has 0 aliphatic carbocycles. The number of carboxylic acids is 1. The molecular weight excluding hydrogens is 276 g/mol. The molecule has 7 nitrogen and oxygen atoms in total. The average Bonchev–Trinajstić information content (AvgIpc) is 2.76. The molecule has 2 unspecified atom stereocenters. The summed E-state index contributed by atoms with van der Waals surface area (Å²) in [4.78, 5) is 36.6. The first-order valence-electron chi connectivity index (χ1n) is 7.15. The second kappa shape index (κ2) is 7.97. The number of nitrogens with zero attached hydrogens (tertiary/aromatic N) is 1. The lowest BCUT2D eigenvalue weighted by Crippen LogP contribution is -2.45. The Balaban J connectivity index is 2.55. The van der Waals surface area contributed by atoms with E-state index in [1.165, 1.54) is 0 Å². The van der Waals surface area contributed by atoms with E-state index in [4.69, 9.17) is 9.84 Å². The molecule has 1 saturated heterocycles. The molecule has 1 aliphatic rings. The van der Waals surface area contributed by atoms with Crippen LogP contribution in [0.3, 0.4) is 0 Å². The van der Waals surface area contributed by atoms with Crippen LogP contribution >= 0.6 is 0 Å². The highest BCUT2D eigenvalue weighted by Gasteiger charge is 2.35. The Morgan fingerprint density at radius 1 is 1.48 bits per heavy atom. The molecule has 120 valence electrons. The van der Waals surface area contributed by atoms with E-state index in [9.17, 15) is 14.4 Å². The first-order chi connectivity index (χ1) is 9.85. The molecule has 2 N–H and O–H groups in total. The number of nitrogens with one attached hydrogen (secondary N) is 1. The van der Waals surface area contributed by atoms with Crippen molar-refractivity contribution in [1.29, 1.82) is 0 Å². The highest BCUT2D eigenvalue weighted by Crippen LogP contribution is 2.18. The van der Waals surface area contributed by atoms with Crippen molar-refractivity contribution in [3.63, 3.8) is 0 Å². The highest BCUT2D eigenvalue weighted by molar-refractivity contribution is 5.91. The van der Waals surface area contributed by atoms with Crippen LogP contribution in [0, 0.1) is 11.8 Å². The van der Waals surface area contributed by atoms with Crippen LogP contribution in [0.1, 0.15) is 26.7 Å². The fourth-order valence-corrected chi connectivity index (χ4v) is 2.35. The molecule has 2 amide bonds. The average molecular weight is 300 g/mol. The Labute approximate surface area is 124 Å². The number of carbonyl (C=O) groups is 3. The number of hydrogen-bond donors (Lipinski definition) is 2. The molecule has 0 bridgehead atoms. The van der Waals surface area contributed by atoms with Crippen LogP contribution in [0.15, 0.2) is 0 Å². The van der Waals surface area contributed by atoms with Crippen molar-refractivity contribution in [3.05, 3.63) is 0 Å². The molecular formula is C14H24N2O5. The van der Waals surface area contributed by atoms with Crippen LogP contribution < -0.4 is 5.32 Å². The fourth-order valence-electron chi connectivity index (χ4n) is 2.35. The maximum Gasteiger partial charge on any atom is 0.326 e. The zero-order valence-corrected chi connectivity index (χ0v) is 12.8. The van der Waals surface area contributed by atoms with Gasteiger partial charge in [0.25, 0.3) is 0 Å². The van der Waals surface area contributed by atoms with E-state index in [1.54, 1.807) is 12.0 Å². The molecule has 2 atom stereocenters. The standard InChI is InChI=1S/C14H24N2O5/c1-9(2)6-11(14(19)20)15-13(18)10-7-12(17)16(8-10)4-5-21-3/h9-11H,4-8H2,1-3H3,(H,15,18)(H,19,20). The summed E-state index contributed by atoms with van der Waals surface area (Å²) in [5.74, 6) is -1.82. The van der Waals surface area contributed by atoms with Gasteiger partial charge in [-0.3, -0.25) is 9.59 Å². The predicted molar refractivity (Wildman–Crippen MR) is 75.6 cm³/mol. The van der Waals surface area contributed by atoms with Gasteiger partial charge in [0.15, 0.2) is 0 Å². The van der Waals surface area contributed by atoms with Gasteiger partial charge < -0.3 is 20.1 Å². The van der Waals surface area contributed by atoms with Gasteiger partial charge in [-0.2, -0.15) is 0 Å². The first kappa shape index (κ1) is 17.4. The third-order valence-electron chi connectivity index (χ3n) is 3.47. The number of amides is 2. The largest absolute Gasteiger partial charge is 0.480 e. The Bertz CT molecular complexity index is 397. The van der Waals surface area contributed by atoms with Crippen LogP contribution in [-0.4, -0.2) is 60.6 Å². The van der Waals surface area contributed by atoms with Crippen LogP contribution in [0.5, 0.6) is 0 Å². The molecule has 0 saturated carbocycles. The number of carboxylic acid groups (broad SMARTS) is 1. The topological polar surface area (TPSA) is 95.9 Å². The maximum atomic E-state index is 12.1. The summed E-state index contributed by atoms with van der Waals surface area (Å²) in [6.45, 7) is 4.99. The van der Waals surface area contributed by atoms with E-state index in [-0.39, 0.29) is 24.2 Å². The molecule has 0 aromatic heterocycles. The number of likely N-dealkylation sites (tertiary alicyclic amines) is 1. The second-order valence-corrected chi connectivity index (χ2v) is 5.76. The minimum Gasteiger partial charge on any atom is -0.480 e. The molecule has 0 radical (unpaired) electrons. The Hall–Kier alpha value is -1.63. The normalized spacial score (nSPS) is 19.9. The number of aliphatic carboxylic acids is 1. The molecule has 21 heavy (non-hydrogen) atoms. The summed E-state index contributed by atoms with van der Waals surface area (Å²) in [5, 5.41) is 11.7. The first-order valence-corrected chi connectivity index (χ1v) is 7.15. The third-order valence-corrected chi connectivity index (χ3v) is 3.47. The Morgan fingerprint density at radius 2 is 2.14 bits per heavy atom. The maximum absolute atomic E-state index is 12.1. The summed E-state index contributed by atoms with van der Waals surface area (Å²) in [7, 11) is 1.55. The minimum atomic E-state index is -1.04. The van der Waals surface area contributed by atoms with Gasteiger partial charge >= 0.3 is 5.97 Å². The molecule has 0 aromatic carbocycles. The quantitative estimate of drug-likeness (QED) is 0.662. The van der Waals surface area contributed by atoms with Gasteiger partial charge in [0, 0.05) is 26.6 Å². The van der Waals surface area contributed by atoms with Crippen molar-refractivity contribution < 1.29 is 24.2 Å².